The molecule has 0 aliphatic heterocycles. The molecule has 10 heteroatoms. The normalized spacial score (nSPS) is 11.2. The van der Waals surface area contributed by atoms with Gasteiger partial charge in [-0.1, -0.05) is 18.2 Å². The summed E-state index contributed by atoms with van der Waals surface area (Å²) in [5, 5.41) is 0. The summed E-state index contributed by atoms with van der Waals surface area (Å²) in [6.45, 7) is 3.88. The van der Waals surface area contributed by atoms with E-state index in [1.54, 1.807) is 48.8 Å². The van der Waals surface area contributed by atoms with E-state index in [0.29, 0.717) is 34.6 Å². The van der Waals surface area contributed by atoms with Crippen LogP contribution in [0, 0.1) is 13.8 Å². The Morgan fingerprint density at radius 2 is 1.41 bits per heavy atom. The van der Waals surface area contributed by atoms with Gasteiger partial charge >= 0.3 is 0 Å². The lowest BCUT2D eigenvalue weighted by Crippen LogP contribution is -2.12. The molecule has 0 aliphatic rings. The van der Waals surface area contributed by atoms with E-state index in [4.69, 9.17) is 9.47 Å². The molecule has 0 spiro atoms. The molecule has 9 nitrogen and oxygen atoms in total. The summed E-state index contributed by atoms with van der Waals surface area (Å²) in [5.74, 6) is 2.68. The van der Waals surface area contributed by atoms with E-state index in [0.717, 1.165) is 11.4 Å². The van der Waals surface area contributed by atoms with Crippen molar-refractivity contribution >= 4 is 15.7 Å². The molecule has 0 saturated carbocycles. The highest BCUT2D eigenvalue weighted by Crippen LogP contribution is 2.26. The highest BCUT2D eigenvalue weighted by Gasteiger charge is 2.15. The standard InChI is InChI=1S/C27H23N5O4S/c1-19-20(2)32(18-30-19)26-16-27(29-17-28-26)36-24-10-8-21(9-11-24)31-37(33,34)25-14-12-23(13-15-25)35-22-6-4-3-5-7-22/h3-18,31H,1-2H3. The number of hydrogen-bond acceptors (Lipinski definition) is 7. The van der Waals surface area contributed by atoms with Gasteiger partial charge in [-0.2, -0.15) is 0 Å². The van der Waals surface area contributed by atoms with E-state index in [1.807, 2.05) is 48.7 Å². The predicted molar refractivity (Wildman–Crippen MR) is 139 cm³/mol. The first kappa shape index (κ1) is 24.0. The molecule has 0 unspecified atom stereocenters. The summed E-state index contributed by atoms with van der Waals surface area (Å²) in [7, 11) is -3.79. The van der Waals surface area contributed by atoms with Crippen molar-refractivity contribution in [3.8, 4) is 28.9 Å². The molecule has 5 rings (SSSR count). The van der Waals surface area contributed by atoms with Crippen molar-refractivity contribution in [2.45, 2.75) is 18.7 Å². The maximum absolute atomic E-state index is 12.8. The molecule has 0 bridgehead atoms. The average molecular weight is 514 g/mol. The van der Waals surface area contributed by atoms with E-state index >= 15 is 0 Å². The lowest BCUT2D eigenvalue weighted by molar-refractivity contribution is 0.461. The van der Waals surface area contributed by atoms with Crippen LogP contribution in [-0.2, 0) is 10.0 Å². The second kappa shape index (κ2) is 10.1. The van der Waals surface area contributed by atoms with Crippen LogP contribution in [0.4, 0.5) is 5.69 Å². The van der Waals surface area contributed by atoms with Gasteiger partial charge in [-0.25, -0.2) is 23.4 Å². The molecule has 0 radical (unpaired) electrons. The van der Waals surface area contributed by atoms with Crippen LogP contribution in [-0.4, -0.2) is 27.9 Å². The molecule has 0 aliphatic carbocycles. The Morgan fingerprint density at radius 1 is 0.757 bits per heavy atom. The lowest BCUT2D eigenvalue weighted by Gasteiger charge is -2.11. The maximum atomic E-state index is 12.8. The van der Waals surface area contributed by atoms with Gasteiger partial charge in [0.15, 0.2) is 0 Å². The quantitative estimate of drug-likeness (QED) is 0.285. The second-order valence-corrected chi connectivity index (χ2v) is 9.80. The van der Waals surface area contributed by atoms with Gasteiger partial charge in [0, 0.05) is 17.4 Å². The number of ether oxygens (including phenoxy) is 2. The fourth-order valence-electron chi connectivity index (χ4n) is 3.48. The number of para-hydroxylation sites is 1. The highest BCUT2D eigenvalue weighted by atomic mass is 32.2. The van der Waals surface area contributed by atoms with Crippen LogP contribution in [0.1, 0.15) is 11.4 Å². The molecule has 186 valence electrons. The Kier molecular flexibility index (Phi) is 6.57. The first-order valence-corrected chi connectivity index (χ1v) is 12.8. The van der Waals surface area contributed by atoms with Gasteiger partial charge in [-0.05, 0) is 74.5 Å². The number of aryl methyl sites for hydroxylation is 1. The van der Waals surface area contributed by atoms with Gasteiger partial charge in [0.05, 0.1) is 10.6 Å². The van der Waals surface area contributed by atoms with Crippen molar-refractivity contribution in [3.05, 3.63) is 109 Å². The van der Waals surface area contributed by atoms with Crippen molar-refractivity contribution in [1.82, 2.24) is 19.5 Å². The number of rotatable bonds is 8. The van der Waals surface area contributed by atoms with Gasteiger partial charge in [-0.3, -0.25) is 9.29 Å². The van der Waals surface area contributed by atoms with E-state index < -0.39 is 10.0 Å². The van der Waals surface area contributed by atoms with Crippen molar-refractivity contribution < 1.29 is 17.9 Å². The smallest absolute Gasteiger partial charge is 0.261 e. The molecule has 2 heterocycles. The van der Waals surface area contributed by atoms with E-state index in [9.17, 15) is 8.42 Å². The number of sulfonamides is 1. The average Bonchev–Trinajstić information content (AvgIpc) is 3.24. The van der Waals surface area contributed by atoms with Crippen LogP contribution in [0.3, 0.4) is 0 Å². The maximum Gasteiger partial charge on any atom is 0.261 e. The first-order chi connectivity index (χ1) is 17.9. The van der Waals surface area contributed by atoms with E-state index in [1.165, 1.54) is 18.5 Å². The fraction of sp³-hybridized carbons (Fsp3) is 0.0741. The summed E-state index contributed by atoms with van der Waals surface area (Å²) in [4.78, 5) is 12.8. The molecule has 1 N–H and O–H groups in total. The summed E-state index contributed by atoms with van der Waals surface area (Å²) in [5.41, 5.74) is 2.28. The van der Waals surface area contributed by atoms with Gasteiger partial charge in [0.25, 0.3) is 10.0 Å². The van der Waals surface area contributed by atoms with Gasteiger partial charge in [0.2, 0.25) is 5.88 Å². The number of hydrogen-bond donors (Lipinski definition) is 1. The first-order valence-electron chi connectivity index (χ1n) is 11.3. The fourth-order valence-corrected chi connectivity index (χ4v) is 4.54. The van der Waals surface area contributed by atoms with Crippen molar-refractivity contribution in [2.75, 3.05) is 4.72 Å². The third kappa shape index (κ3) is 5.60. The van der Waals surface area contributed by atoms with E-state index in [2.05, 4.69) is 19.7 Å². The second-order valence-electron chi connectivity index (χ2n) is 8.12. The zero-order chi connectivity index (χ0) is 25.8. The minimum atomic E-state index is -3.79. The Morgan fingerprint density at radius 3 is 2.08 bits per heavy atom. The monoisotopic (exact) mass is 513 g/mol. The number of nitrogens with zero attached hydrogens (tertiary/aromatic N) is 4. The highest BCUT2D eigenvalue weighted by molar-refractivity contribution is 7.92. The van der Waals surface area contributed by atoms with Crippen molar-refractivity contribution in [2.24, 2.45) is 0 Å². The molecule has 37 heavy (non-hydrogen) atoms. The van der Waals surface area contributed by atoms with Crippen LogP contribution in [0.2, 0.25) is 0 Å². The molecule has 0 atom stereocenters. The SMILES string of the molecule is Cc1ncn(-c2cc(Oc3ccc(NS(=O)(=O)c4ccc(Oc5ccccc5)cc4)cc3)ncn2)c1C. The summed E-state index contributed by atoms with van der Waals surface area (Å²) >= 11 is 0. The lowest BCUT2D eigenvalue weighted by atomic mass is 10.3. The third-order valence-electron chi connectivity index (χ3n) is 5.57. The van der Waals surface area contributed by atoms with Crippen LogP contribution in [0.15, 0.2) is 102 Å². The number of aromatic nitrogens is 4. The number of nitrogens with one attached hydrogen (secondary N) is 1. The molecular weight excluding hydrogens is 490 g/mol. The minimum absolute atomic E-state index is 0.117. The topological polar surface area (TPSA) is 108 Å². The molecule has 0 amide bonds. The molecule has 2 aromatic heterocycles. The van der Waals surface area contributed by atoms with E-state index in [-0.39, 0.29) is 4.90 Å². The molecule has 0 saturated heterocycles. The summed E-state index contributed by atoms with van der Waals surface area (Å²) in [6, 6.07) is 23.7. The Bertz CT molecular complexity index is 1620. The zero-order valence-corrected chi connectivity index (χ0v) is 20.9. The van der Waals surface area contributed by atoms with Crippen LogP contribution >= 0.6 is 0 Å². The summed E-state index contributed by atoms with van der Waals surface area (Å²) in [6.07, 6.45) is 3.11. The number of benzene rings is 3. The Hall–Kier alpha value is -4.70. The van der Waals surface area contributed by atoms with Crippen LogP contribution in [0.25, 0.3) is 5.82 Å². The van der Waals surface area contributed by atoms with Gasteiger partial charge < -0.3 is 9.47 Å². The number of imidazole rings is 1. The van der Waals surface area contributed by atoms with Crippen molar-refractivity contribution in [3.63, 3.8) is 0 Å². The molecule has 3 aromatic carbocycles. The Labute approximate surface area is 214 Å². The van der Waals surface area contributed by atoms with Gasteiger partial charge in [-0.15, -0.1) is 0 Å². The predicted octanol–water partition coefficient (Wildman–Crippen LogP) is 5.66. The third-order valence-corrected chi connectivity index (χ3v) is 6.97. The molecular formula is C27H23N5O4S. The van der Waals surface area contributed by atoms with Gasteiger partial charge in [0.1, 0.15) is 35.7 Å². The van der Waals surface area contributed by atoms with Crippen molar-refractivity contribution in [1.29, 1.82) is 0 Å². The Balaban J connectivity index is 1.24. The molecule has 5 aromatic rings. The largest absolute Gasteiger partial charge is 0.457 e. The molecule has 0 fully saturated rings. The zero-order valence-electron chi connectivity index (χ0n) is 20.1. The minimum Gasteiger partial charge on any atom is -0.457 e. The van der Waals surface area contributed by atoms with Crippen LogP contribution in [0.5, 0.6) is 23.1 Å². The summed E-state index contributed by atoms with van der Waals surface area (Å²) < 4.78 is 41.7. The number of anilines is 1. The van der Waals surface area contributed by atoms with Crippen LogP contribution < -0.4 is 14.2 Å².